The van der Waals surface area contributed by atoms with E-state index in [4.69, 9.17) is 10.9 Å². The van der Waals surface area contributed by atoms with Gasteiger partial charge in [0.15, 0.2) is 5.84 Å². The van der Waals surface area contributed by atoms with Crippen LogP contribution in [0, 0.1) is 5.82 Å². The summed E-state index contributed by atoms with van der Waals surface area (Å²) in [5.41, 5.74) is 6.89. The first-order valence-electron chi connectivity index (χ1n) is 7.12. The number of nitrogens with two attached hydrogens (primary N) is 1. The lowest BCUT2D eigenvalue weighted by molar-refractivity contribution is 0.318. The molecule has 0 aromatic heterocycles. The number of thioether (sulfide) groups is 1. The molecular weight excluding hydrogens is 289 g/mol. The van der Waals surface area contributed by atoms with Crippen LogP contribution in [0.25, 0.3) is 0 Å². The maximum Gasteiger partial charge on any atom is 0.170 e. The number of nitrogens with zero attached hydrogens (tertiary/aromatic N) is 1. The van der Waals surface area contributed by atoms with Gasteiger partial charge in [0.25, 0.3) is 0 Å². The number of amidine groups is 1. The molecule has 0 unspecified atom stereocenters. The van der Waals surface area contributed by atoms with E-state index in [2.05, 4.69) is 16.7 Å². The predicted octanol–water partition coefficient (Wildman–Crippen LogP) is 2.69. The van der Waals surface area contributed by atoms with E-state index >= 15 is 0 Å². The zero-order valence-corrected chi connectivity index (χ0v) is 13.0. The third-order valence-corrected chi connectivity index (χ3v) is 5.58. The van der Waals surface area contributed by atoms with Gasteiger partial charge in [0, 0.05) is 23.4 Å². The molecule has 0 radical (unpaired) electrons. The maximum absolute atomic E-state index is 13.3. The largest absolute Gasteiger partial charge is 0.409 e. The van der Waals surface area contributed by atoms with Crippen molar-refractivity contribution in [1.29, 1.82) is 0 Å². The lowest BCUT2D eigenvalue weighted by atomic mass is 10.0. The molecule has 21 heavy (non-hydrogen) atoms. The molecule has 1 aliphatic rings. The Morgan fingerprint density at radius 1 is 1.48 bits per heavy atom. The number of benzene rings is 1. The highest BCUT2D eigenvalue weighted by atomic mass is 32.2. The monoisotopic (exact) mass is 311 g/mol. The van der Waals surface area contributed by atoms with E-state index in [-0.39, 0.29) is 5.84 Å². The molecule has 0 atom stereocenters. The molecule has 0 amide bonds. The Kier molecular flexibility index (Phi) is 5.47. The number of hydrogen-bond donors (Lipinski definition) is 3. The van der Waals surface area contributed by atoms with E-state index in [0.29, 0.717) is 16.9 Å². The minimum Gasteiger partial charge on any atom is -0.409 e. The van der Waals surface area contributed by atoms with Crippen molar-refractivity contribution >= 4 is 17.6 Å². The second-order valence-corrected chi connectivity index (χ2v) is 6.76. The zero-order valence-electron chi connectivity index (χ0n) is 12.2. The van der Waals surface area contributed by atoms with Gasteiger partial charge in [0.2, 0.25) is 0 Å². The van der Waals surface area contributed by atoms with Gasteiger partial charge in [-0.15, -0.1) is 0 Å². The van der Waals surface area contributed by atoms with Crippen molar-refractivity contribution in [3.05, 3.63) is 35.1 Å². The fourth-order valence-corrected chi connectivity index (χ4v) is 3.84. The van der Waals surface area contributed by atoms with Crippen molar-refractivity contribution in [3.63, 3.8) is 0 Å². The van der Waals surface area contributed by atoms with Gasteiger partial charge >= 0.3 is 0 Å². The third-order valence-electron chi connectivity index (χ3n) is 4.17. The Hall–Kier alpha value is -1.27. The number of halogens is 1. The van der Waals surface area contributed by atoms with Crippen molar-refractivity contribution in [2.75, 3.05) is 12.8 Å². The summed E-state index contributed by atoms with van der Waals surface area (Å²) in [4.78, 5) is 0. The molecular formula is C15H22FN3OS. The molecule has 1 aromatic carbocycles. The van der Waals surface area contributed by atoms with Gasteiger partial charge in [0.05, 0.1) is 0 Å². The van der Waals surface area contributed by atoms with Gasteiger partial charge < -0.3 is 16.3 Å². The molecule has 4 N–H and O–H groups in total. The third kappa shape index (κ3) is 3.89. The number of rotatable bonds is 6. The van der Waals surface area contributed by atoms with Crippen LogP contribution in [0.2, 0.25) is 0 Å². The number of oxime groups is 1. The molecule has 0 bridgehead atoms. The van der Waals surface area contributed by atoms with Gasteiger partial charge in [-0.2, -0.15) is 11.8 Å². The predicted molar refractivity (Wildman–Crippen MR) is 85.3 cm³/mol. The van der Waals surface area contributed by atoms with Gasteiger partial charge in [-0.3, -0.25) is 0 Å². The van der Waals surface area contributed by atoms with Gasteiger partial charge in [-0.05, 0) is 36.8 Å². The van der Waals surface area contributed by atoms with E-state index in [1.54, 1.807) is 6.07 Å². The van der Waals surface area contributed by atoms with Gasteiger partial charge in [-0.25, -0.2) is 4.39 Å². The van der Waals surface area contributed by atoms with E-state index in [1.165, 1.54) is 37.8 Å². The Labute approximate surface area is 129 Å². The minimum atomic E-state index is -0.392. The molecule has 116 valence electrons. The molecule has 6 heteroatoms. The number of nitrogens with one attached hydrogen (secondary N) is 1. The average Bonchev–Trinajstić information content (AvgIpc) is 2.97. The first kappa shape index (κ1) is 16.1. The van der Waals surface area contributed by atoms with Gasteiger partial charge in [0.1, 0.15) is 5.82 Å². The van der Waals surface area contributed by atoms with E-state index < -0.39 is 5.82 Å². The van der Waals surface area contributed by atoms with Crippen molar-refractivity contribution in [3.8, 4) is 0 Å². The van der Waals surface area contributed by atoms with E-state index in [0.717, 1.165) is 12.1 Å². The average molecular weight is 311 g/mol. The summed E-state index contributed by atoms with van der Waals surface area (Å²) in [5.74, 6) is -0.455. The molecule has 1 aliphatic carbocycles. The smallest absolute Gasteiger partial charge is 0.170 e. The van der Waals surface area contributed by atoms with Crippen LogP contribution in [0.1, 0.15) is 36.8 Å². The second kappa shape index (κ2) is 7.13. The maximum atomic E-state index is 13.3. The Bertz CT molecular complexity index is 516. The highest BCUT2D eigenvalue weighted by Gasteiger charge is 2.32. The van der Waals surface area contributed by atoms with Crippen molar-refractivity contribution in [1.82, 2.24) is 5.32 Å². The van der Waals surface area contributed by atoms with Crippen molar-refractivity contribution < 1.29 is 9.60 Å². The van der Waals surface area contributed by atoms with Crippen LogP contribution in [0.4, 0.5) is 4.39 Å². The number of hydrogen-bond acceptors (Lipinski definition) is 4. The minimum absolute atomic E-state index is 0.0632. The summed E-state index contributed by atoms with van der Waals surface area (Å²) >= 11 is 1.92. The van der Waals surface area contributed by atoms with Crippen LogP contribution >= 0.6 is 11.8 Å². The summed E-state index contributed by atoms with van der Waals surface area (Å²) in [6, 6.07) is 4.37. The van der Waals surface area contributed by atoms with Crippen LogP contribution in [0.15, 0.2) is 23.4 Å². The van der Waals surface area contributed by atoms with Crippen LogP contribution in [-0.2, 0) is 6.54 Å². The highest BCUT2D eigenvalue weighted by molar-refractivity contribution is 8.00. The molecule has 1 fully saturated rings. The molecule has 0 aliphatic heterocycles. The fourth-order valence-electron chi connectivity index (χ4n) is 2.89. The molecule has 0 spiro atoms. The molecule has 1 aromatic rings. The molecule has 0 heterocycles. The molecule has 2 rings (SSSR count). The summed E-state index contributed by atoms with van der Waals surface area (Å²) in [7, 11) is 0. The van der Waals surface area contributed by atoms with Crippen molar-refractivity contribution in [2.24, 2.45) is 10.9 Å². The fraction of sp³-hybridized carbons (Fsp3) is 0.533. The summed E-state index contributed by atoms with van der Waals surface area (Å²) in [6.45, 7) is 1.50. The molecule has 1 saturated carbocycles. The summed E-state index contributed by atoms with van der Waals surface area (Å²) < 4.78 is 13.6. The zero-order chi connectivity index (χ0) is 15.3. The SMILES string of the molecule is CSC1(CNCc2ccc(F)cc2/C(N)=N/O)CCCC1. The lowest BCUT2D eigenvalue weighted by Crippen LogP contribution is -2.35. The Morgan fingerprint density at radius 2 is 2.19 bits per heavy atom. The summed E-state index contributed by atoms with van der Waals surface area (Å²) in [5, 5.41) is 15.2. The van der Waals surface area contributed by atoms with Crippen LogP contribution in [0.3, 0.4) is 0 Å². The lowest BCUT2D eigenvalue weighted by Gasteiger charge is -2.27. The second-order valence-electron chi connectivity index (χ2n) is 5.48. The molecule has 4 nitrogen and oxygen atoms in total. The molecule has 0 saturated heterocycles. The topological polar surface area (TPSA) is 70.6 Å². The Balaban J connectivity index is 2.03. The normalized spacial score (nSPS) is 18.1. The quantitative estimate of drug-likeness (QED) is 0.327. The van der Waals surface area contributed by atoms with Crippen LogP contribution in [-0.4, -0.2) is 28.6 Å². The highest BCUT2D eigenvalue weighted by Crippen LogP contribution is 2.39. The standard InChI is InChI=1S/C15H22FN3OS/c1-21-15(6-2-3-7-15)10-18-9-11-4-5-12(16)8-13(11)14(17)19-20/h4-5,8,18,20H,2-3,6-7,9-10H2,1H3,(H2,17,19). The first-order chi connectivity index (χ1) is 10.1. The van der Waals surface area contributed by atoms with Crippen molar-refractivity contribution in [2.45, 2.75) is 37.0 Å². The van der Waals surface area contributed by atoms with E-state index in [1.807, 2.05) is 11.8 Å². The first-order valence-corrected chi connectivity index (χ1v) is 8.35. The Morgan fingerprint density at radius 3 is 2.81 bits per heavy atom. The van der Waals surface area contributed by atoms with Crippen LogP contribution < -0.4 is 11.1 Å². The van der Waals surface area contributed by atoms with E-state index in [9.17, 15) is 4.39 Å². The van der Waals surface area contributed by atoms with Gasteiger partial charge in [-0.1, -0.05) is 24.1 Å². The summed E-state index contributed by atoms with van der Waals surface area (Å²) in [6.07, 6.45) is 7.20. The van der Waals surface area contributed by atoms with Crippen LogP contribution in [0.5, 0.6) is 0 Å².